The predicted octanol–water partition coefficient (Wildman–Crippen LogP) is 4.41. The number of hydrogen-bond acceptors (Lipinski definition) is 6. The van der Waals surface area contributed by atoms with Gasteiger partial charge >= 0.3 is 0 Å². The number of amides is 1. The number of likely N-dealkylation sites (tertiary alicyclic amines) is 1. The Bertz CT molecular complexity index is 1420. The minimum Gasteiger partial charge on any atom is -0.481 e. The number of pyridine rings is 1. The zero-order valence-electron chi connectivity index (χ0n) is 21.5. The number of fused-ring (bicyclic) bond motifs is 3. The van der Waals surface area contributed by atoms with E-state index in [-0.39, 0.29) is 18.0 Å². The largest absolute Gasteiger partial charge is 0.481 e. The van der Waals surface area contributed by atoms with E-state index in [2.05, 4.69) is 62.3 Å². The zero-order valence-corrected chi connectivity index (χ0v) is 21.5. The lowest BCUT2D eigenvalue weighted by atomic mass is 10.0. The highest BCUT2D eigenvalue weighted by molar-refractivity contribution is 5.93. The molecule has 0 saturated carbocycles. The van der Waals surface area contributed by atoms with Gasteiger partial charge in [-0.05, 0) is 36.5 Å². The van der Waals surface area contributed by atoms with Gasteiger partial charge in [-0.25, -0.2) is 15.0 Å². The highest BCUT2D eigenvalue weighted by Gasteiger charge is 2.43. The van der Waals surface area contributed by atoms with E-state index in [0.717, 1.165) is 49.4 Å². The molecule has 1 amide bonds. The summed E-state index contributed by atoms with van der Waals surface area (Å²) in [6.07, 6.45) is 5.85. The van der Waals surface area contributed by atoms with E-state index in [0.29, 0.717) is 23.3 Å². The van der Waals surface area contributed by atoms with Crippen molar-refractivity contribution in [2.24, 2.45) is 0 Å². The molecule has 2 aliphatic rings. The van der Waals surface area contributed by atoms with E-state index >= 15 is 0 Å². The summed E-state index contributed by atoms with van der Waals surface area (Å²) in [7, 11) is 1.57. The molecule has 2 unspecified atom stereocenters. The normalized spacial score (nSPS) is 19.6. The molecular weight excluding hydrogens is 464 g/mol. The van der Waals surface area contributed by atoms with Gasteiger partial charge in [0.05, 0.1) is 18.5 Å². The molecular formula is C29H32N6O2. The molecule has 2 aliphatic heterocycles. The average molecular weight is 497 g/mol. The number of nitrogens with zero attached hydrogens (tertiary/aromatic N) is 6. The van der Waals surface area contributed by atoms with Crippen LogP contribution in [0.3, 0.4) is 0 Å². The van der Waals surface area contributed by atoms with Gasteiger partial charge < -0.3 is 9.64 Å². The molecule has 2 atom stereocenters. The van der Waals surface area contributed by atoms with Gasteiger partial charge in [0.1, 0.15) is 5.69 Å². The van der Waals surface area contributed by atoms with Crippen molar-refractivity contribution in [3.05, 3.63) is 77.9 Å². The average Bonchev–Trinajstić information content (AvgIpc) is 3.42. The Morgan fingerprint density at radius 1 is 1.03 bits per heavy atom. The van der Waals surface area contributed by atoms with Crippen molar-refractivity contribution in [3.8, 4) is 17.1 Å². The second kappa shape index (κ2) is 9.59. The van der Waals surface area contributed by atoms with Crippen LogP contribution in [0.2, 0.25) is 0 Å². The molecule has 2 bridgehead atoms. The lowest BCUT2D eigenvalue weighted by Crippen LogP contribution is -2.55. The third kappa shape index (κ3) is 4.35. The first kappa shape index (κ1) is 23.6. The summed E-state index contributed by atoms with van der Waals surface area (Å²) in [6.45, 7) is 6.81. The molecule has 0 aliphatic carbocycles. The third-order valence-electron chi connectivity index (χ3n) is 7.67. The van der Waals surface area contributed by atoms with Crippen molar-refractivity contribution in [1.82, 2.24) is 29.2 Å². The monoisotopic (exact) mass is 496 g/mol. The molecule has 0 radical (unpaired) electrons. The maximum absolute atomic E-state index is 13.4. The van der Waals surface area contributed by atoms with Crippen molar-refractivity contribution in [1.29, 1.82) is 0 Å². The third-order valence-corrected chi connectivity index (χ3v) is 7.67. The van der Waals surface area contributed by atoms with E-state index in [4.69, 9.17) is 9.72 Å². The SMILES string of the molecule is COc1cccc(C(=O)N2C3CCC2CN(Cc2c(-c4ccc(C(C)C)cc4)nc4ncccn24)C3)n1. The molecule has 6 rings (SSSR count). The van der Waals surface area contributed by atoms with Crippen molar-refractivity contribution < 1.29 is 9.53 Å². The molecule has 8 nitrogen and oxygen atoms in total. The molecule has 3 aromatic heterocycles. The lowest BCUT2D eigenvalue weighted by molar-refractivity contribution is 0.0396. The van der Waals surface area contributed by atoms with Gasteiger partial charge in [0.15, 0.2) is 0 Å². The van der Waals surface area contributed by atoms with Crippen LogP contribution in [0.1, 0.15) is 54.4 Å². The Morgan fingerprint density at radius 2 is 1.78 bits per heavy atom. The van der Waals surface area contributed by atoms with E-state index in [1.807, 2.05) is 18.3 Å². The quantitative estimate of drug-likeness (QED) is 0.394. The van der Waals surface area contributed by atoms with Crippen molar-refractivity contribution in [2.45, 2.75) is 51.2 Å². The van der Waals surface area contributed by atoms with Gasteiger partial charge in [0.2, 0.25) is 11.7 Å². The van der Waals surface area contributed by atoms with Crippen LogP contribution in [-0.2, 0) is 6.54 Å². The number of piperazine rings is 1. The van der Waals surface area contributed by atoms with Crippen LogP contribution in [0.25, 0.3) is 17.0 Å². The first-order valence-corrected chi connectivity index (χ1v) is 13.0. The summed E-state index contributed by atoms with van der Waals surface area (Å²) >= 11 is 0. The number of imidazole rings is 1. The smallest absolute Gasteiger partial charge is 0.273 e. The Morgan fingerprint density at radius 3 is 2.49 bits per heavy atom. The minimum atomic E-state index is -0.00372. The molecule has 0 spiro atoms. The van der Waals surface area contributed by atoms with Crippen molar-refractivity contribution in [2.75, 3.05) is 20.2 Å². The second-order valence-electron chi connectivity index (χ2n) is 10.3. The van der Waals surface area contributed by atoms with Crippen LogP contribution in [0.15, 0.2) is 60.9 Å². The molecule has 190 valence electrons. The molecule has 4 aromatic rings. The standard InChI is InChI=1S/C29H32N6O2/c1-19(2)20-8-10-21(11-9-20)27-25(34-15-5-14-30-29(34)32-27)18-33-16-22-12-13-23(17-33)35(22)28(36)24-6-4-7-26(31-24)37-3/h4-11,14-15,19,22-23H,12-13,16-18H2,1-3H3. The van der Waals surface area contributed by atoms with Crippen LogP contribution >= 0.6 is 0 Å². The van der Waals surface area contributed by atoms with Crippen LogP contribution in [0.5, 0.6) is 5.88 Å². The van der Waals surface area contributed by atoms with Gasteiger partial charge in [-0.3, -0.25) is 14.1 Å². The summed E-state index contributed by atoms with van der Waals surface area (Å²) in [5.41, 5.74) is 4.97. The molecule has 5 heterocycles. The number of benzene rings is 1. The first-order valence-electron chi connectivity index (χ1n) is 13.0. The number of methoxy groups -OCH3 is 1. The first-order chi connectivity index (χ1) is 18.0. The minimum absolute atomic E-state index is 0.00372. The summed E-state index contributed by atoms with van der Waals surface area (Å²) < 4.78 is 7.34. The fourth-order valence-electron chi connectivity index (χ4n) is 5.79. The zero-order chi connectivity index (χ0) is 25.5. The Hall–Kier alpha value is -3.78. The summed E-state index contributed by atoms with van der Waals surface area (Å²) in [5.74, 6) is 1.65. The maximum atomic E-state index is 13.4. The van der Waals surface area contributed by atoms with Gasteiger partial charge in [-0.2, -0.15) is 0 Å². The highest BCUT2D eigenvalue weighted by Crippen LogP contribution is 2.34. The number of hydrogen-bond donors (Lipinski definition) is 0. The number of aromatic nitrogens is 4. The maximum Gasteiger partial charge on any atom is 0.273 e. The molecule has 37 heavy (non-hydrogen) atoms. The van der Waals surface area contributed by atoms with Crippen molar-refractivity contribution >= 4 is 11.7 Å². The molecule has 1 aromatic carbocycles. The second-order valence-corrected chi connectivity index (χ2v) is 10.3. The van der Waals surface area contributed by atoms with Gasteiger partial charge in [-0.15, -0.1) is 0 Å². The predicted molar refractivity (Wildman–Crippen MR) is 142 cm³/mol. The highest BCUT2D eigenvalue weighted by atomic mass is 16.5. The number of ether oxygens (including phenoxy) is 1. The summed E-state index contributed by atoms with van der Waals surface area (Å²) in [5, 5.41) is 0. The summed E-state index contributed by atoms with van der Waals surface area (Å²) in [4.78, 5) is 31.8. The van der Waals surface area contributed by atoms with Gasteiger partial charge in [0, 0.05) is 55.7 Å². The van der Waals surface area contributed by atoms with E-state index in [9.17, 15) is 4.79 Å². The van der Waals surface area contributed by atoms with Crippen LogP contribution in [0.4, 0.5) is 0 Å². The molecule has 0 N–H and O–H groups in total. The molecule has 8 heteroatoms. The summed E-state index contributed by atoms with van der Waals surface area (Å²) in [6, 6.07) is 16.4. The Kier molecular flexibility index (Phi) is 6.12. The molecule has 2 saturated heterocycles. The van der Waals surface area contributed by atoms with Crippen LogP contribution < -0.4 is 4.74 Å². The van der Waals surface area contributed by atoms with Gasteiger partial charge in [0.25, 0.3) is 5.91 Å². The van der Waals surface area contributed by atoms with Crippen LogP contribution in [0, 0.1) is 0 Å². The number of carbonyl (C=O) groups excluding carboxylic acids is 1. The van der Waals surface area contributed by atoms with E-state index in [1.54, 1.807) is 25.4 Å². The van der Waals surface area contributed by atoms with Crippen molar-refractivity contribution in [3.63, 3.8) is 0 Å². The lowest BCUT2D eigenvalue weighted by Gasteiger charge is -2.41. The molecule has 2 fully saturated rings. The fourth-order valence-corrected chi connectivity index (χ4v) is 5.79. The Labute approximate surface area is 216 Å². The van der Waals surface area contributed by atoms with Crippen LogP contribution in [-0.4, -0.2) is 67.3 Å². The van der Waals surface area contributed by atoms with Gasteiger partial charge in [-0.1, -0.05) is 44.2 Å². The number of rotatable bonds is 6. The van der Waals surface area contributed by atoms with E-state index in [1.165, 1.54) is 5.56 Å². The Balaban J connectivity index is 1.26. The van der Waals surface area contributed by atoms with E-state index < -0.39 is 0 Å². The topological polar surface area (TPSA) is 75.9 Å². The fraction of sp³-hybridized carbons (Fsp3) is 0.379. The number of carbonyl (C=O) groups is 1.